The number of amides is 3. The van der Waals surface area contributed by atoms with Gasteiger partial charge in [0.15, 0.2) is 0 Å². The highest BCUT2D eigenvalue weighted by Gasteiger charge is 2.32. The number of rotatable bonds is 2. The SMILES string of the molecule is CC(=O)N1CCN(C(=O)C2CCN(C(=O)c3cccnc3)CC2)CC1. The summed E-state index contributed by atoms with van der Waals surface area (Å²) in [4.78, 5) is 45.9. The van der Waals surface area contributed by atoms with E-state index in [4.69, 9.17) is 0 Å². The normalized spacial score (nSPS) is 19.0. The van der Waals surface area contributed by atoms with Gasteiger partial charge in [-0.25, -0.2) is 0 Å². The molecule has 2 saturated heterocycles. The zero-order valence-corrected chi connectivity index (χ0v) is 14.6. The molecule has 0 unspecified atom stereocenters. The summed E-state index contributed by atoms with van der Waals surface area (Å²) in [5.41, 5.74) is 0.590. The molecule has 7 nitrogen and oxygen atoms in total. The predicted molar refractivity (Wildman–Crippen MR) is 91.7 cm³/mol. The van der Waals surface area contributed by atoms with Crippen molar-refractivity contribution in [2.24, 2.45) is 5.92 Å². The van der Waals surface area contributed by atoms with E-state index in [1.807, 2.05) is 4.90 Å². The third-order valence-electron chi connectivity index (χ3n) is 5.08. The Bertz CT molecular complexity index is 633. The monoisotopic (exact) mass is 344 g/mol. The van der Waals surface area contributed by atoms with Crippen molar-refractivity contribution in [1.82, 2.24) is 19.7 Å². The molecular weight excluding hydrogens is 320 g/mol. The Labute approximate surface area is 147 Å². The Balaban J connectivity index is 1.50. The lowest BCUT2D eigenvalue weighted by atomic mass is 9.94. The van der Waals surface area contributed by atoms with Crippen LogP contribution in [0.15, 0.2) is 24.5 Å². The predicted octanol–water partition coefficient (Wildman–Crippen LogP) is 0.624. The molecule has 2 aliphatic rings. The largest absolute Gasteiger partial charge is 0.339 e. The summed E-state index contributed by atoms with van der Waals surface area (Å²) < 4.78 is 0. The molecule has 3 amide bonds. The fraction of sp³-hybridized carbons (Fsp3) is 0.556. The van der Waals surface area contributed by atoms with E-state index < -0.39 is 0 Å². The van der Waals surface area contributed by atoms with Gasteiger partial charge in [-0.3, -0.25) is 19.4 Å². The standard InChI is InChI=1S/C18H24N4O3/c1-14(23)20-9-11-22(12-10-20)17(24)15-4-7-21(8-5-15)18(25)16-3-2-6-19-13-16/h2-3,6,13,15H,4-5,7-12H2,1H3. The maximum absolute atomic E-state index is 12.7. The fourth-order valence-electron chi connectivity index (χ4n) is 3.50. The maximum atomic E-state index is 12.7. The van der Waals surface area contributed by atoms with E-state index >= 15 is 0 Å². The highest BCUT2D eigenvalue weighted by Crippen LogP contribution is 2.22. The Kier molecular flexibility index (Phi) is 5.31. The minimum atomic E-state index is -0.0261. The molecule has 0 saturated carbocycles. The van der Waals surface area contributed by atoms with E-state index in [2.05, 4.69) is 4.98 Å². The number of aromatic nitrogens is 1. The van der Waals surface area contributed by atoms with Gasteiger partial charge < -0.3 is 14.7 Å². The smallest absolute Gasteiger partial charge is 0.255 e. The summed E-state index contributed by atoms with van der Waals surface area (Å²) in [5.74, 6) is 0.182. The van der Waals surface area contributed by atoms with Crippen LogP contribution < -0.4 is 0 Å². The average molecular weight is 344 g/mol. The van der Waals surface area contributed by atoms with Crippen molar-refractivity contribution in [3.63, 3.8) is 0 Å². The van der Waals surface area contributed by atoms with Crippen LogP contribution in [-0.2, 0) is 9.59 Å². The first-order valence-electron chi connectivity index (χ1n) is 8.80. The molecule has 0 N–H and O–H groups in total. The van der Waals surface area contributed by atoms with Crippen LogP contribution in [0.5, 0.6) is 0 Å². The van der Waals surface area contributed by atoms with Gasteiger partial charge in [-0.1, -0.05) is 0 Å². The first-order valence-corrected chi connectivity index (χ1v) is 8.80. The fourth-order valence-corrected chi connectivity index (χ4v) is 3.50. The average Bonchev–Trinajstić information content (AvgIpc) is 2.67. The molecule has 3 heterocycles. The summed E-state index contributed by atoms with van der Waals surface area (Å²) in [6, 6.07) is 3.52. The van der Waals surface area contributed by atoms with Gasteiger partial charge in [-0.2, -0.15) is 0 Å². The summed E-state index contributed by atoms with van der Waals surface area (Å²) in [6.45, 7) is 5.18. The molecule has 134 valence electrons. The number of hydrogen-bond donors (Lipinski definition) is 0. The Morgan fingerprint density at radius 2 is 1.60 bits per heavy atom. The third kappa shape index (κ3) is 3.97. The third-order valence-corrected chi connectivity index (χ3v) is 5.08. The Morgan fingerprint density at radius 1 is 0.960 bits per heavy atom. The maximum Gasteiger partial charge on any atom is 0.255 e. The van der Waals surface area contributed by atoms with Gasteiger partial charge in [0.2, 0.25) is 11.8 Å². The number of hydrogen-bond acceptors (Lipinski definition) is 4. The molecular formula is C18H24N4O3. The number of carbonyl (C=O) groups is 3. The molecule has 0 spiro atoms. The van der Waals surface area contributed by atoms with Crippen molar-refractivity contribution in [2.45, 2.75) is 19.8 Å². The molecule has 2 aliphatic heterocycles. The zero-order valence-electron chi connectivity index (χ0n) is 14.6. The molecule has 0 aromatic carbocycles. The Hall–Kier alpha value is -2.44. The van der Waals surface area contributed by atoms with Crippen LogP contribution in [0.3, 0.4) is 0 Å². The Morgan fingerprint density at radius 3 is 2.16 bits per heavy atom. The van der Waals surface area contributed by atoms with Crippen LogP contribution in [-0.4, -0.2) is 76.7 Å². The minimum absolute atomic E-state index is 0.0194. The van der Waals surface area contributed by atoms with Crippen molar-refractivity contribution < 1.29 is 14.4 Å². The van der Waals surface area contributed by atoms with E-state index in [-0.39, 0.29) is 23.6 Å². The lowest BCUT2D eigenvalue weighted by molar-refractivity contribution is -0.142. The minimum Gasteiger partial charge on any atom is -0.339 e. The van der Waals surface area contributed by atoms with Gasteiger partial charge in [0, 0.05) is 64.5 Å². The number of likely N-dealkylation sites (tertiary alicyclic amines) is 1. The van der Waals surface area contributed by atoms with Crippen LogP contribution in [0.1, 0.15) is 30.1 Å². The van der Waals surface area contributed by atoms with Gasteiger partial charge in [0.25, 0.3) is 5.91 Å². The number of nitrogens with zero attached hydrogens (tertiary/aromatic N) is 4. The summed E-state index contributed by atoms with van der Waals surface area (Å²) in [5, 5.41) is 0. The number of carbonyl (C=O) groups excluding carboxylic acids is 3. The first kappa shape index (κ1) is 17.4. The quantitative estimate of drug-likeness (QED) is 0.788. The zero-order chi connectivity index (χ0) is 17.8. The van der Waals surface area contributed by atoms with Gasteiger partial charge in [-0.05, 0) is 25.0 Å². The first-order chi connectivity index (χ1) is 12.1. The van der Waals surface area contributed by atoms with Crippen LogP contribution in [0.4, 0.5) is 0 Å². The summed E-state index contributed by atoms with van der Waals surface area (Å²) >= 11 is 0. The molecule has 3 rings (SSSR count). The molecule has 0 aliphatic carbocycles. The lowest BCUT2D eigenvalue weighted by Gasteiger charge is -2.38. The van der Waals surface area contributed by atoms with Crippen LogP contribution in [0.2, 0.25) is 0 Å². The number of piperazine rings is 1. The molecule has 0 bridgehead atoms. The van der Waals surface area contributed by atoms with Crippen molar-refractivity contribution in [3.05, 3.63) is 30.1 Å². The molecule has 2 fully saturated rings. The molecule has 0 atom stereocenters. The van der Waals surface area contributed by atoms with Crippen molar-refractivity contribution >= 4 is 17.7 Å². The molecule has 0 radical (unpaired) electrons. The van der Waals surface area contributed by atoms with Crippen molar-refractivity contribution in [3.8, 4) is 0 Å². The second-order valence-corrected chi connectivity index (χ2v) is 6.64. The second-order valence-electron chi connectivity index (χ2n) is 6.64. The highest BCUT2D eigenvalue weighted by atomic mass is 16.2. The van der Waals surface area contributed by atoms with Crippen molar-refractivity contribution in [1.29, 1.82) is 0 Å². The molecule has 1 aromatic rings. The highest BCUT2D eigenvalue weighted by molar-refractivity contribution is 5.94. The van der Waals surface area contributed by atoms with Gasteiger partial charge in [0.05, 0.1) is 5.56 Å². The van der Waals surface area contributed by atoms with Crippen LogP contribution in [0, 0.1) is 5.92 Å². The summed E-state index contributed by atoms with van der Waals surface area (Å²) in [6.07, 6.45) is 4.61. The van der Waals surface area contributed by atoms with Crippen LogP contribution >= 0.6 is 0 Å². The molecule has 7 heteroatoms. The van der Waals surface area contributed by atoms with Crippen molar-refractivity contribution in [2.75, 3.05) is 39.3 Å². The lowest BCUT2D eigenvalue weighted by Crippen LogP contribution is -2.52. The van der Waals surface area contributed by atoms with Gasteiger partial charge in [0.1, 0.15) is 0 Å². The summed E-state index contributed by atoms with van der Waals surface area (Å²) in [7, 11) is 0. The van der Waals surface area contributed by atoms with Gasteiger partial charge >= 0.3 is 0 Å². The van der Waals surface area contributed by atoms with E-state index in [1.165, 1.54) is 0 Å². The topological polar surface area (TPSA) is 73.8 Å². The van der Waals surface area contributed by atoms with E-state index in [0.717, 1.165) is 0 Å². The van der Waals surface area contributed by atoms with Gasteiger partial charge in [-0.15, -0.1) is 0 Å². The number of piperidine rings is 1. The van der Waals surface area contributed by atoms with E-state index in [1.54, 1.807) is 41.2 Å². The van der Waals surface area contributed by atoms with Crippen LogP contribution in [0.25, 0.3) is 0 Å². The molecule has 1 aromatic heterocycles. The van der Waals surface area contributed by atoms with E-state index in [0.29, 0.717) is 57.7 Å². The second kappa shape index (κ2) is 7.63. The molecule has 25 heavy (non-hydrogen) atoms. The number of pyridine rings is 1. The van der Waals surface area contributed by atoms with E-state index in [9.17, 15) is 14.4 Å².